The Bertz CT molecular complexity index is 522. The van der Waals surface area contributed by atoms with Crippen LogP contribution in [0.25, 0.3) is 0 Å². The van der Waals surface area contributed by atoms with E-state index < -0.39 is 6.10 Å². The number of amides is 1. The third-order valence-corrected chi connectivity index (χ3v) is 3.89. The molecule has 1 unspecified atom stereocenters. The third-order valence-electron chi connectivity index (χ3n) is 3.89. The van der Waals surface area contributed by atoms with Crippen molar-refractivity contribution in [2.24, 2.45) is 4.99 Å². The average Bonchev–Trinajstić information content (AvgIpc) is 2.93. The van der Waals surface area contributed by atoms with Gasteiger partial charge in [-0.2, -0.15) is 4.99 Å². The third kappa shape index (κ3) is 2.11. The Morgan fingerprint density at radius 2 is 2.05 bits per heavy atom. The molecule has 1 atom stereocenters. The molecule has 0 N–H and O–H groups in total. The highest BCUT2D eigenvalue weighted by atomic mass is 16.5. The van der Waals surface area contributed by atoms with Gasteiger partial charge in [-0.15, -0.1) is 0 Å². The van der Waals surface area contributed by atoms with E-state index in [0.717, 1.165) is 24.9 Å². The zero-order valence-corrected chi connectivity index (χ0v) is 11.3. The molecule has 2 aliphatic heterocycles. The molecule has 1 aromatic carbocycles. The maximum Gasteiger partial charge on any atom is 0.296 e. The number of amidine groups is 1. The maximum absolute atomic E-state index is 12.0. The molecule has 1 saturated heterocycles. The van der Waals surface area contributed by atoms with Crippen molar-refractivity contribution >= 4 is 11.9 Å². The molecule has 0 spiro atoms. The first-order valence-corrected chi connectivity index (χ1v) is 6.70. The predicted molar refractivity (Wildman–Crippen MR) is 72.7 cm³/mol. The molecule has 0 radical (unpaired) electrons. The molecule has 19 heavy (non-hydrogen) atoms. The first kappa shape index (κ1) is 12.2. The topological polar surface area (TPSA) is 41.9 Å². The lowest BCUT2D eigenvalue weighted by Gasteiger charge is -2.32. The summed E-state index contributed by atoms with van der Waals surface area (Å²) in [7, 11) is 0. The molecule has 4 nitrogen and oxygen atoms in total. The van der Waals surface area contributed by atoms with Crippen molar-refractivity contribution < 1.29 is 9.53 Å². The number of aliphatic imine (C=N–C) groups is 1. The standard InChI is InChI=1S/C15H18N2O2/c1-15(2)9-6-10-17(15)14-16-13(18)12(19-14)11-7-4-3-5-8-11/h3-5,7-8,12H,6,9-10H2,1-2H3. The molecule has 0 saturated carbocycles. The summed E-state index contributed by atoms with van der Waals surface area (Å²) in [6, 6.07) is 10.0. The van der Waals surface area contributed by atoms with Crippen LogP contribution >= 0.6 is 0 Å². The summed E-state index contributed by atoms with van der Waals surface area (Å²) in [5, 5.41) is 0. The van der Waals surface area contributed by atoms with E-state index in [1.54, 1.807) is 0 Å². The van der Waals surface area contributed by atoms with Crippen molar-refractivity contribution in [1.82, 2.24) is 4.90 Å². The summed E-state index contributed by atoms with van der Waals surface area (Å²) in [5.41, 5.74) is 0.883. The summed E-state index contributed by atoms with van der Waals surface area (Å²) in [6.45, 7) is 5.22. The van der Waals surface area contributed by atoms with Gasteiger partial charge in [-0.3, -0.25) is 4.79 Å². The molecule has 0 bridgehead atoms. The molecule has 2 heterocycles. The van der Waals surface area contributed by atoms with Crippen LogP contribution in [-0.2, 0) is 9.53 Å². The van der Waals surface area contributed by atoms with Gasteiger partial charge in [0.15, 0.2) is 0 Å². The van der Waals surface area contributed by atoms with Crippen LogP contribution in [0.4, 0.5) is 0 Å². The van der Waals surface area contributed by atoms with Crippen LogP contribution < -0.4 is 0 Å². The molecule has 4 heteroatoms. The SMILES string of the molecule is CC1(C)CCCN1C1=NC(=O)C(c2ccccc2)O1. The van der Waals surface area contributed by atoms with Gasteiger partial charge in [0.2, 0.25) is 6.10 Å². The van der Waals surface area contributed by atoms with Crippen molar-refractivity contribution in [3.63, 3.8) is 0 Å². The number of carbonyl (C=O) groups excluding carboxylic acids is 1. The molecule has 1 aromatic rings. The molecule has 2 aliphatic rings. The minimum absolute atomic E-state index is 0.0185. The second kappa shape index (κ2) is 4.37. The van der Waals surface area contributed by atoms with Crippen molar-refractivity contribution in [2.75, 3.05) is 6.54 Å². The fourth-order valence-electron chi connectivity index (χ4n) is 2.76. The number of hydrogen-bond acceptors (Lipinski definition) is 3. The second-order valence-electron chi connectivity index (χ2n) is 5.71. The Morgan fingerprint density at radius 1 is 1.32 bits per heavy atom. The Labute approximate surface area is 113 Å². The van der Waals surface area contributed by atoms with Crippen LogP contribution in [0.2, 0.25) is 0 Å². The van der Waals surface area contributed by atoms with Gasteiger partial charge in [0.25, 0.3) is 11.9 Å². The summed E-state index contributed by atoms with van der Waals surface area (Å²) in [5.74, 6) is -0.205. The van der Waals surface area contributed by atoms with Crippen LogP contribution in [0.5, 0.6) is 0 Å². The van der Waals surface area contributed by atoms with Crippen LogP contribution in [0.3, 0.4) is 0 Å². The Hall–Kier alpha value is -1.84. The Morgan fingerprint density at radius 3 is 2.68 bits per heavy atom. The number of nitrogens with zero attached hydrogens (tertiary/aromatic N) is 2. The zero-order chi connectivity index (χ0) is 13.5. The van der Waals surface area contributed by atoms with Gasteiger partial charge in [0.05, 0.1) is 0 Å². The van der Waals surface area contributed by atoms with E-state index >= 15 is 0 Å². The molecule has 3 rings (SSSR count). The van der Waals surface area contributed by atoms with Gasteiger partial charge in [-0.1, -0.05) is 30.3 Å². The van der Waals surface area contributed by atoms with Gasteiger partial charge in [-0.25, -0.2) is 0 Å². The summed E-state index contributed by atoms with van der Waals surface area (Å²) >= 11 is 0. The second-order valence-corrected chi connectivity index (χ2v) is 5.71. The van der Waals surface area contributed by atoms with Crippen molar-refractivity contribution in [3.05, 3.63) is 35.9 Å². The smallest absolute Gasteiger partial charge is 0.296 e. The molecule has 1 fully saturated rings. The average molecular weight is 258 g/mol. The van der Waals surface area contributed by atoms with Gasteiger partial charge in [0.1, 0.15) is 0 Å². The quantitative estimate of drug-likeness (QED) is 0.777. The highest BCUT2D eigenvalue weighted by molar-refractivity contribution is 5.99. The fourth-order valence-corrected chi connectivity index (χ4v) is 2.76. The Kier molecular flexibility index (Phi) is 2.81. The monoisotopic (exact) mass is 258 g/mol. The van der Waals surface area contributed by atoms with Gasteiger partial charge in [-0.05, 0) is 26.7 Å². The molecule has 0 aliphatic carbocycles. The van der Waals surface area contributed by atoms with Gasteiger partial charge in [0, 0.05) is 17.6 Å². The number of carbonyl (C=O) groups is 1. The summed E-state index contributed by atoms with van der Waals surface area (Å²) in [4.78, 5) is 18.2. The first-order valence-electron chi connectivity index (χ1n) is 6.70. The van der Waals surface area contributed by atoms with E-state index in [2.05, 4.69) is 23.7 Å². The van der Waals surface area contributed by atoms with E-state index in [1.165, 1.54) is 0 Å². The highest BCUT2D eigenvalue weighted by Crippen LogP contribution is 2.33. The number of ether oxygens (including phenoxy) is 1. The minimum atomic E-state index is -0.576. The molecule has 100 valence electrons. The predicted octanol–water partition coefficient (Wildman–Crippen LogP) is 2.51. The number of hydrogen-bond donors (Lipinski definition) is 0. The van der Waals surface area contributed by atoms with Crippen LogP contribution in [-0.4, -0.2) is 28.9 Å². The van der Waals surface area contributed by atoms with E-state index in [0.29, 0.717) is 6.02 Å². The largest absolute Gasteiger partial charge is 0.446 e. The van der Waals surface area contributed by atoms with Crippen LogP contribution in [0.15, 0.2) is 35.3 Å². The minimum Gasteiger partial charge on any atom is -0.446 e. The zero-order valence-electron chi connectivity index (χ0n) is 11.3. The number of rotatable bonds is 1. The van der Waals surface area contributed by atoms with Crippen molar-refractivity contribution in [2.45, 2.75) is 38.3 Å². The van der Waals surface area contributed by atoms with E-state index in [9.17, 15) is 4.79 Å². The summed E-state index contributed by atoms with van der Waals surface area (Å²) < 4.78 is 5.81. The normalized spacial score (nSPS) is 25.4. The lowest BCUT2D eigenvalue weighted by molar-refractivity contribution is -0.123. The van der Waals surface area contributed by atoms with Gasteiger partial charge < -0.3 is 9.64 Å². The number of benzene rings is 1. The fraction of sp³-hybridized carbons (Fsp3) is 0.467. The van der Waals surface area contributed by atoms with Gasteiger partial charge >= 0.3 is 0 Å². The van der Waals surface area contributed by atoms with Crippen LogP contribution in [0.1, 0.15) is 38.4 Å². The lowest BCUT2D eigenvalue weighted by Crippen LogP contribution is -2.42. The molecular weight excluding hydrogens is 240 g/mol. The van der Waals surface area contributed by atoms with E-state index in [-0.39, 0.29) is 11.4 Å². The van der Waals surface area contributed by atoms with Crippen molar-refractivity contribution in [1.29, 1.82) is 0 Å². The van der Waals surface area contributed by atoms with E-state index in [4.69, 9.17) is 4.74 Å². The highest BCUT2D eigenvalue weighted by Gasteiger charge is 2.41. The lowest BCUT2D eigenvalue weighted by atomic mass is 10.0. The summed E-state index contributed by atoms with van der Waals surface area (Å²) in [6.07, 6.45) is 1.63. The van der Waals surface area contributed by atoms with Crippen molar-refractivity contribution in [3.8, 4) is 0 Å². The molecular formula is C15H18N2O2. The van der Waals surface area contributed by atoms with Crippen LogP contribution in [0, 0.1) is 0 Å². The maximum atomic E-state index is 12.0. The first-order chi connectivity index (χ1) is 9.08. The number of likely N-dealkylation sites (tertiary alicyclic amines) is 1. The molecule has 0 aromatic heterocycles. The Balaban J connectivity index is 1.81. The van der Waals surface area contributed by atoms with E-state index in [1.807, 2.05) is 30.3 Å². The molecule has 1 amide bonds.